The van der Waals surface area contributed by atoms with E-state index in [9.17, 15) is 0 Å². The topological polar surface area (TPSA) is 0 Å². The van der Waals surface area contributed by atoms with Crippen LogP contribution in [0.2, 0.25) is 0 Å². The van der Waals surface area contributed by atoms with Gasteiger partial charge in [-0.15, -0.1) is 0 Å². The molecule has 0 aromatic heterocycles. The van der Waals surface area contributed by atoms with Crippen LogP contribution >= 0.6 is 0 Å². The third-order valence-electron chi connectivity index (χ3n) is 5.38. The Kier molecular flexibility index (Phi) is 3.16. The summed E-state index contributed by atoms with van der Waals surface area (Å²) in [4.78, 5) is 0. The Hall–Kier alpha value is -2.34. The highest BCUT2D eigenvalue weighted by atomic mass is 14.4. The molecule has 0 bridgehead atoms. The van der Waals surface area contributed by atoms with Crippen molar-refractivity contribution in [3.63, 3.8) is 0 Å². The van der Waals surface area contributed by atoms with E-state index in [2.05, 4.69) is 93.6 Å². The van der Waals surface area contributed by atoms with Crippen LogP contribution in [0.25, 0.3) is 11.1 Å². The molecule has 0 saturated heterocycles. The third kappa shape index (κ3) is 1.98. The number of hydrogen-bond acceptors (Lipinski definition) is 0. The quantitative estimate of drug-likeness (QED) is 0.532. The highest BCUT2D eigenvalue weighted by Gasteiger charge is 2.40. The second-order valence-corrected chi connectivity index (χ2v) is 6.99. The zero-order chi connectivity index (χ0) is 16.0. The van der Waals surface area contributed by atoms with E-state index in [1.807, 2.05) is 0 Å². The first-order valence-electron chi connectivity index (χ1n) is 8.42. The van der Waals surface area contributed by atoms with Crippen molar-refractivity contribution in [3.8, 4) is 11.1 Å². The molecular weight excluding hydrogens is 276 g/mol. The molecule has 0 atom stereocenters. The van der Waals surface area contributed by atoms with Gasteiger partial charge in [-0.2, -0.15) is 0 Å². The predicted octanol–water partition coefficient (Wildman–Crippen LogP) is 6.14. The molecule has 0 saturated carbocycles. The highest BCUT2D eigenvalue weighted by Crippen LogP contribution is 2.52. The van der Waals surface area contributed by atoms with Crippen molar-refractivity contribution in [1.29, 1.82) is 0 Å². The van der Waals surface area contributed by atoms with E-state index in [1.54, 1.807) is 0 Å². The minimum Gasteiger partial charge on any atom is -0.0619 e. The molecule has 0 N–H and O–H groups in total. The zero-order valence-electron chi connectivity index (χ0n) is 14.0. The smallest absolute Gasteiger partial charge is 0.0435 e. The summed E-state index contributed by atoms with van der Waals surface area (Å²) in [5, 5.41) is 0. The summed E-state index contributed by atoms with van der Waals surface area (Å²) < 4.78 is 0. The molecule has 3 aromatic rings. The molecule has 23 heavy (non-hydrogen) atoms. The maximum Gasteiger partial charge on any atom is 0.0435 e. The maximum atomic E-state index is 2.36. The lowest BCUT2D eigenvalue weighted by Crippen LogP contribution is -2.22. The Balaban J connectivity index is 1.96. The second kappa shape index (κ2) is 5.09. The van der Waals surface area contributed by atoms with Gasteiger partial charge in [0, 0.05) is 5.41 Å². The average molecular weight is 298 g/mol. The molecule has 0 amide bonds. The Morgan fingerprint density at radius 3 is 1.61 bits per heavy atom. The van der Waals surface area contributed by atoms with Gasteiger partial charge in [-0.1, -0.05) is 86.6 Å². The monoisotopic (exact) mass is 298 g/mol. The van der Waals surface area contributed by atoms with Crippen LogP contribution in [-0.4, -0.2) is 0 Å². The standard InChI is InChI=1S/C23H22/c1-16(2)17-12-14-18(15-13-17)23(3)21-10-6-4-8-19(21)20-9-5-7-11-22(20)23/h4-16H,1-3H3. The summed E-state index contributed by atoms with van der Waals surface area (Å²) in [6, 6.07) is 26.9. The van der Waals surface area contributed by atoms with Gasteiger partial charge < -0.3 is 0 Å². The van der Waals surface area contributed by atoms with Gasteiger partial charge in [0.05, 0.1) is 0 Å². The van der Waals surface area contributed by atoms with Crippen LogP contribution in [0.3, 0.4) is 0 Å². The predicted molar refractivity (Wildman–Crippen MR) is 98.0 cm³/mol. The van der Waals surface area contributed by atoms with Gasteiger partial charge >= 0.3 is 0 Å². The number of hydrogen-bond donors (Lipinski definition) is 0. The molecule has 0 nitrogen and oxygen atoms in total. The van der Waals surface area contributed by atoms with Crippen molar-refractivity contribution in [1.82, 2.24) is 0 Å². The van der Waals surface area contributed by atoms with E-state index < -0.39 is 0 Å². The van der Waals surface area contributed by atoms with Crippen LogP contribution in [0, 0.1) is 0 Å². The van der Waals surface area contributed by atoms with E-state index >= 15 is 0 Å². The van der Waals surface area contributed by atoms with E-state index in [1.165, 1.54) is 33.4 Å². The van der Waals surface area contributed by atoms with Gasteiger partial charge in [-0.3, -0.25) is 0 Å². The van der Waals surface area contributed by atoms with Gasteiger partial charge in [-0.05, 0) is 46.2 Å². The molecular formula is C23H22. The molecule has 114 valence electrons. The Morgan fingerprint density at radius 2 is 1.13 bits per heavy atom. The molecule has 1 aliphatic carbocycles. The molecule has 4 rings (SSSR count). The SMILES string of the molecule is CC(C)c1ccc(C2(C)c3ccccc3-c3ccccc32)cc1. The fraction of sp³-hybridized carbons (Fsp3) is 0.217. The molecule has 0 heteroatoms. The Bertz CT molecular complexity index is 808. The summed E-state index contributed by atoms with van der Waals surface area (Å²) in [5.74, 6) is 0.569. The lowest BCUT2D eigenvalue weighted by atomic mass is 9.74. The molecule has 0 radical (unpaired) electrons. The maximum absolute atomic E-state index is 2.36. The van der Waals surface area contributed by atoms with Crippen molar-refractivity contribution in [3.05, 3.63) is 95.1 Å². The Labute approximate surface area is 138 Å². The van der Waals surface area contributed by atoms with E-state index in [0.29, 0.717) is 5.92 Å². The van der Waals surface area contributed by atoms with Gasteiger partial charge in [0.1, 0.15) is 0 Å². The molecule has 0 aliphatic heterocycles. The molecule has 0 unspecified atom stereocenters. The zero-order valence-corrected chi connectivity index (χ0v) is 14.0. The van der Waals surface area contributed by atoms with E-state index in [0.717, 1.165) is 0 Å². The van der Waals surface area contributed by atoms with Gasteiger partial charge in [-0.25, -0.2) is 0 Å². The average Bonchev–Trinajstić information content (AvgIpc) is 2.86. The fourth-order valence-corrected chi connectivity index (χ4v) is 3.97. The summed E-state index contributed by atoms with van der Waals surface area (Å²) in [6.45, 7) is 6.86. The normalized spacial score (nSPS) is 14.6. The molecule has 0 spiro atoms. The first-order valence-corrected chi connectivity index (χ1v) is 8.42. The van der Waals surface area contributed by atoms with Gasteiger partial charge in [0.2, 0.25) is 0 Å². The van der Waals surface area contributed by atoms with Gasteiger partial charge in [0.25, 0.3) is 0 Å². The van der Waals surface area contributed by atoms with Crippen LogP contribution in [0.4, 0.5) is 0 Å². The summed E-state index contributed by atoms with van der Waals surface area (Å²) in [5.41, 5.74) is 8.29. The minimum atomic E-state index is -0.0668. The third-order valence-corrected chi connectivity index (χ3v) is 5.38. The van der Waals surface area contributed by atoms with Gasteiger partial charge in [0.15, 0.2) is 0 Å². The molecule has 0 heterocycles. The molecule has 0 fully saturated rings. The largest absolute Gasteiger partial charge is 0.0619 e. The lowest BCUT2D eigenvalue weighted by Gasteiger charge is -2.28. The fourth-order valence-electron chi connectivity index (χ4n) is 3.97. The highest BCUT2D eigenvalue weighted by molar-refractivity contribution is 5.83. The Morgan fingerprint density at radius 1 is 0.652 bits per heavy atom. The summed E-state index contributed by atoms with van der Waals surface area (Å²) in [7, 11) is 0. The minimum absolute atomic E-state index is 0.0668. The number of benzene rings is 3. The lowest BCUT2D eigenvalue weighted by molar-refractivity contribution is 0.712. The van der Waals surface area contributed by atoms with Crippen LogP contribution in [0.1, 0.15) is 48.9 Å². The van der Waals surface area contributed by atoms with Crippen molar-refractivity contribution in [2.24, 2.45) is 0 Å². The molecule has 1 aliphatic rings. The van der Waals surface area contributed by atoms with Crippen LogP contribution in [0.15, 0.2) is 72.8 Å². The van der Waals surface area contributed by atoms with Crippen LogP contribution < -0.4 is 0 Å². The number of rotatable bonds is 2. The second-order valence-electron chi connectivity index (χ2n) is 6.99. The van der Waals surface area contributed by atoms with E-state index in [4.69, 9.17) is 0 Å². The van der Waals surface area contributed by atoms with Crippen molar-refractivity contribution >= 4 is 0 Å². The molecule has 3 aromatic carbocycles. The van der Waals surface area contributed by atoms with Crippen molar-refractivity contribution in [2.45, 2.75) is 32.1 Å². The summed E-state index contributed by atoms with van der Waals surface area (Å²) in [6.07, 6.45) is 0. The summed E-state index contributed by atoms with van der Waals surface area (Å²) >= 11 is 0. The van der Waals surface area contributed by atoms with Crippen molar-refractivity contribution < 1.29 is 0 Å². The number of fused-ring (bicyclic) bond motifs is 3. The van der Waals surface area contributed by atoms with Crippen LogP contribution in [0.5, 0.6) is 0 Å². The van der Waals surface area contributed by atoms with Crippen molar-refractivity contribution in [2.75, 3.05) is 0 Å². The first-order chi connectivity index (χ1) is 11.1. The van der Waals surface area contributed by atoms with Crippen LogP contribution in [-0.2, 0) is 5.41 Å². The first kappa shape index (κ1) is 14.3. The van der Waals surface area contributed by atoms with E-state index in [-0.39, 0.29) is 5.41 Å².